The number of rotatable bonds is 5. The molecule has 0 saturated heterocycles. The van der Waals surface area contributed by atoms with Crippen LogP contribution in [0.2, 0.25) is 0 Å². The molecule has 0 aliphatic carbocycles. The number of hydrogen-bond acceptors (Lipinski definition) is 3. The Morgan fingerprint density at radius 1 is 1.67 bits per heavy atom. The summed E-state index contributed by atoms with van der Waals surface area (Å²) in [5.74, 6) is -1.36. The van der Waals surface area contributed by atoms with Gasteiger partial charge in [0.2, 0.25) is 5.91 Å². The number of carbonyl (C=O) groups excluding carboxylic acids is 1. The highest BCUT2D eigenvalue weighted by molar-refractivity contribution is 5.81. The van der Waals surface area contributed by atoms with Gasteiger partial charge in [-0.15, -0.1) is 0 Å². The van der Waals surface area contributed by atoms with Crippen LogP contribution in [0, 0.1) is 0 Å². The monoisotopic (exact) mass is 211 g/mol. The standard InChI is InChI=1S/C9H13N3O3/c1-6(13)12-8(9(14)15)3-2-7-4-10-11-5-7/h4-5,8H,2-3H2,1H3,(H,10,11)(H,12,13)(H,14,15). The number of hydrogen-bond donors (Lipinski definition) is 3. The van der Waals surface area contributed by atoms with E-state index in [1.165, 1.54) is 6.92 Å². The Labute approximate surface area is 86.7 Å². The number of amides is 1. The molecule has 0 aliphatic heterocycles. The smallest absolute Gasteiger partial charge is 0.326 e. The van der Waals surface area contributed by atoms with Crippen molar-refractivity contribution in [2.75, 3.05) is 0 Å². The summed E-state index contributed by atoms with van der Waals surface area (Å²) in [6, 6.07) is -0.836. The number of aryl methyl sites for hydroxylation is 1. The summed E-state index contributed by atoms with van der Waals surface area (Å²) in [5.41, 5.74) is 0.923. The fourth-order valence-corrected chi connectivity index (χ4v) is 1.23. The average Bonchev–Trinajstić information content (AvgIpc) is 2.63. The van der Waals surface area contributed by atoms with Crippen molar-refractivity contribution in [2.24, 2.45) is 0 Å². The van der Waals surface area contributed by atoms with Crippen LogP contribution in [0.5, 0.6) is 0 Å². The molecule has 82 valence electrons. The van der Waals surface area contributed by atoms with E-state index in [2.05, 4.69) is 15.5 Å². The summed E-state index contributed by atoms with van der Waals surface area (Å²) in [6.45, 7) is 1.30. The van der Waals surface area contributed by atoms with Crippen molar-refractivity contribution in [3.63, 3.8) is 0 Å². The van der Waals surface area contributed by atoms with Gasteiger partial charge in [-0.25, -0.2) is 4.79 Å². The first-order valence-corrected chi connectivity index (χ1v) is 4.57. The van der Waals surface area contributed by atoms with E-state index in [9.17, 15) is 9.59 Å². The van der Waals surface area contributed by atoms with E-state index in [0.717, 1.165) is 5.56 Å². The number of aliphatic carboxylic acids is 1. The first-order chi connectivity index (χ1) is 7.09. The first-order valence-electron chi connectivity index (χ1n) is 4.57. The number of carbonyl (C=O) groups is 2. The molecule has 1 unspecified atom stereocenters. The molecular formula is C9H13N3O3. The third kappa shape index (κ3) is 3.80. The number of nitrogens with one attached hydrogen (secondary N) is 2. The number of H-pyrrole nitrogens is 1. The molecule has 6 nitrogen and oxygen atoms in total. The fourth-order valence-electron chi connectivity index (χ4n) is 1.23. The lowest BCUT2D eigenvalue weighted by molar-refractivity contribution is -0.141. The molecule has 15 heavy (non-hydrogen) atoms. The molecule has 1 aromatic heterocycles. The van der Waals surface area contributed by atoms with Gasteiger partial charge in [-0.1, -0.05) is 0 Å². The van der Waals surface area contributed by atoms with E-state index < -0.39 is 12.0 Å². The Kier molecular flexibility index (Phi) is 3.84. The Morgan fingerprint density at radius 3 is 2.87 bits per heavy atom. The van der Waals surface area contributed by atoms with Crippen LogP contribution in [-0.2, 0) is 16.0 Å². The number of aromatic amines is 1. The molecular weight excluding hydrogens is 198 g/mol. The predicted molar refractivity (Wildman–Crippen MR) is 52.1 cm³/mol. The Morgan fingerprint density at radius 2 is 2.40 bits per heavy atom. The minimum Gasteiger partial charge on any atom is -0.480 e. The van der Waals surface area contributed by atoms with Gasteiger partial charge < -0.3 is 10.4 Å². The summed E-state index contributed by atoms with van der Waals surface area (Å²) in [7, 11) is 0. The lowest BCUT2D eigenvalue weighted by Gasteiger charge is -2.11. The lowest BCUT2D eigenvalue weighted by atomic mass is 10.1. The van der Waals surface area contributed by atoms with Gasteiger partial charge in [-0.2, -0.15) is 5.10 Å². The molecule has 0 aliphatic rings. The van der Waals surface area contributed by atoms with Crippen molar-refractivity contribution in [3.8, 4) is 0 Å². The predicted octanol–water partition coefficient (Wildman–Crippen LogP) is -0.0684. The molecule has 0 saturated carbocycles. The van der Waals surface area contributed by atoms with Gasteiger partial charge in [-0.05, 0) is 18.4 Å². The van der Waals surface area contributed by atoms with E-state index in [1.54, 1.807) is 12.4 Å². The van der Waals surface area contributed by atoms with Gasteiger partial charge in [0.05, 0.1) is 6.20 Å². The summed E-state index contributed by atoms with van der Waals surface area (Å²) < 4.78 is 0. The first kappa shape index (κ1) is 11.2. The second-order valence-corrected chi connectivity index (χ2v) is 3.24. The Balaban J connectivity index is 2.45. The summed E-state index contributed by atoms with van der Waals surface area (Å²) in [4.78, 5) is 21.5. The van der Waals surface area contributed by atoms with Crippen LogP contribution in [0.15, 0.2) is 12.4 Å². The summed E-state index contributed by atoms with van der Waals surface area (Å²) in [6.07, 6.45) is 4.25. The minimum atomic E-state index is -1.02. The normalized spacial score (nSPS) is 12.1. The van der Waals surface area contributed by atoms with Crippen molar-refractivity contribution in [1.29, 1.82) is 0 Å². The highest BCUT2D eigenvalue weighted by Crippen LogP contribution is 2.03. The highest BCUT2D eigenvalue weighted by Gasteiger charge is 2.17. The zero-order chi connectivity index (χ0) is 11.3. The van der Waals surface area contributed by atoms with Gasteiger partial charge in [0.15, 0.2) is 0 Å². The Hall–Kier alpha value is -1.85. The van der Waals surface area contributed by atoms with Crippen LogP contribution >= 0.6 is 0 Å². The van der Waals surface area contributed by atoms with Gasteiger partial charge in [-0.3, -0.25) is 9.89 Å². The van der Waals surface area contributed by atoms with Gasteiger partial charge in [0, 0.05) is 13.1 Å². The largest absolute Gasteiger partial charge is 0.480 e. The van der Waals surface area contributed by atoms with Crippen LogP contribution in [0.1, 0.15) is 18.9 Å². The molecule has 1 aromatic rings. The maximum absolute atomic E-state index is 10.8. The van der Waals surface area contributed by atoms with E-state index in [0.29, 0.717) is 12.8 Å². The summed E-state index contributed by atoms with van der Waals surface area (Å²) in [5, 5.41) is 17.6. The number of carboxylic acid groups (broad SMARTS) is 1. The van der Waals surface area contributed by atoms with Crippen LogP contribution in [0.3, 0.4) is 0 Å². The van der Waals surface area contributed by atoms with Crippen molar-refractivity contribution in [2.45, 2.75) is 25.8 Å². The molecule has 1 atom stereocenters. The molecule has 6 heteroatoms. The van der Waals surface area contributed by atoms with Crippen LogP contribution in [0.25, 0.3) is 0 Å². The van der Waals surface area contributed by atoms with Crippen LogP contribution < -0.4 is 5.32 Å². The van der Waals surface area contributed by atoms with Crippen LogP contribution in [-0.4, -0.2) is 33.2 Å². The van der Waals surface area contributed by atoms with Crippen molar-refractivity contribution in [3.05, 3.63) is 18.0 Å². The maximum atomic E-state index is 10.8. The number of carboxylic acids is 1. The molecule has 1 amide bonds. The minimum absolute atomic E-state index is 0.338. The second kappa shape index (κ2) is 5.14. The van der Waals surface area contributed by atoms with Crippen LogP contribution in [0.4, 0.5) is 0 Å². The van der Waals surface area contributed by atoms with E-state index in [-0.39, 0.29) is 5.91 Å². The quantitative estimate of drug-likeness (QED) is 0.635. The zero-order valence-electron chi connectivity index (χ0n) is 8.36. The summed E-state index contributed by atoms with van der Waals surface area (Å²) >= 11 is 0. The van der Waals surface area contributed by atoms with E-state index in [4.69, 9.17) is 5.11 Å². The molecule has 0 spiro atoms. The van der Waals surface area contributed by atoms with Gasteiger partial charge in [0.1, 0.15) is 6.04 Å². The molecule has 3 N–H and O–H groups in total. The molecule has 0 fully saturated rings. The van der Waals surface area contributed by atoms with Gasteiger partial charge in [0.25, 0.3) is 0 Å². The number of nitrogens with zero attached hydrogens (tertiary/aromatic N) is 1. The SMILES string of the molecule is CC(=O)NC(CCc1cn[nH]c1)C(=O)O. The van der Waals surface area contributed by atoms with Crippen molar-refractivity contribution >= 4 is 11.9 Å². The third-order valence-corrected chi connectivity index (χ3v) is 1.95. The van der Waals surface area contributed by atoms with E-state index >= 15 is 0 Å². The topological polar surface area (TPSA) is 95.1 Å². The third-order valence-electron chi connectivity index (χ3n) is 1.95. The zero-order valence-corrected chi connectivity index (χ0v) is 8.36. The number of aromatic nitrogens is 2. The van der Waals surface area contributed by atoms with Crippen molar-refractivity contribution < 1.29 is 14.7 Å². The lowest BCUT2D eigenvalue weighted by Crippen LogP contribution is -2.39. The van der Waals surface area contributed by atoms with E-state index in [1.807, 2.05) is 0 Å². The molecule has 0 aromatic carbocycles. The molecule has 0 radical (unpaired) electrons. The fraction of sp³-hybridized carbons (Fsp3) is 0.444. The molecule has 0 bridgehead atoms. The molecule has 1 rings (SSSR count). The Bertz CT molecular complexity index is 334. The molecule has 1 heterocycles. The maximum Gasteiger partial charge on any atom is 0.326 e. The highest BCUT2D eigenvalue weighted by atomic mass is 16.4. The second-order valence-electron chi connectivity index (χ2n) is 3.24. The average molecular weight is 211 g/mol. The van der Waals surface area contributed by atoms with Crippen molar-refractivity contribution in [1.82, 2.24) is 15.5 Å². The van der Waals surface area contributed by atoms with Gasteiger partial charge >= 0.3 is 5.97 Å².